The van der Waals surface area contributed by atoms with E-state index in [1.807, 2.05) is 31.5 Å². The molecule has 8 heteroatoms. The zero-order valence-electron chi connectivity index (χ0n) is 11.3. The second-order valence-corrected chi connectivity index (χ2v) is 5.38. The van der Waals surface area contributed by atoms with Crippen LogP contribution in [0.25, 0.3) is 0 Å². The first-order chi connectivity index (χ1) is 9.31. The average molecular weight is 341 g/mol. The van der Waals surface area contributed by atoms with Crippen LogP contribution in [0.1, 0.15) is 21.7 Å². The maximum atomic E-state index is 12.2. The van der Waals surface area contributed by atoms with Crippen LogP contribution in [0.3, 0.4) is 0 Å². The summed E-state index contributed by atoms with van der Waals surface area (Å²) in [5.74, 6) is -0.421. The molecule has 2 aromatic heterocycles. The molecular formula is C12H13BrN4O3. The topological polar surface area (TPSA) is 83.0 Å². The Kier molecular flexibility index (Phi) is 3.76. The number of carbonyl (C=O) groups excluding carboxylic acids is 1. The molecule has 7 nitrogen and oxygen atoms in total. The van der Waals surface area contributed by atoms with Crippen LogP contribution >= 0.6 is 15.9 Å². The molecule has 0 aliphatic heterocycles. The molecule has 0 N–H and O–H groups in total. The summed E-state index contributed by atoms with van der Waals surface area (Å²) in [6.07, 6.45) is 1.43. The molecule has 0 amide bonds. The lowest BCUT2D eigenvalue weighted by molar-refractivity contribution is -0.390. The fourth-order valence-electron chi connectivity index (χ4n) is 1.96. The van der Waals surface area contributed by atoms with Gasteiger partial charge in [-0.25, -0.2) is 0 Å². The number of aromatic nitrogens is 3. The molecule has 0 atom stereocenters. The summed E-state index contributed by atoms with van der Waals surface area (Å²) in [7, 11) is 1.89. The Morgan fingerprint density at radius 2 is 2.15 bits per heavy atom. The molecule has 0 radical (unpaired) electrons. The lowest BCUT2D eigenvalue weighted by atomic mass is 10.1. The highest BCUT2D eigenvalue weighted by molar-refractivity contribution is 9.10. The van der Waals surface area contributed by atoms with Gasteiger partial charge in [-0.15, -0.1) is 0 Å². The van der Waals surface area contributed by atoms with E-state index in [2.05, 4.69) is 21.0 Å². The SMILES string of the molecule is Cc1cc(C(=O)Cn2cc(Br)c([N+](=O)[O-])n2)c(C)n1C. The Morgan fingerprint density at radius 3 is 2.60 bits per heavy atom. The quantitative estimate of drug-likeness (QED) is 0.486. The minimum atomic E-state index is -0.594. The second kappa shape index (κ2) is 5.20. The zero-order chi connectivity index (χ0) is 15.0. The summed E-state index contributed by atoms with van der Waals surface area (Å²) in [6.45, 7) is 3.75. The van der Waals surface area contributed by atoms with Gasteiger partial charge in [-0.3, -0.25) is 4.79 Å². The molecule has 2 heterocycles. The molecule has 0 bridgehead atoms. The normalized spacial score (nSPS) is 10.8. The van der Waals surface area contributed by atoms with Gasteiger partial charge in [0.2, 0.25) is 0 Å². The molecule has 2 aromatic rings. The van der Waals surface area contributed by atoms with Gasteiger partial charge in [-0.2, -0.15) is 4.68 Å². The molecule has 106 valence electrons. The Hall–Kier alpha value is -1.96. The van der Waals surface area contributed by atoms with Crippen LogP contribution in [0.15, 0.2) is 16.7 Å². The van der Waals surface area contributed by atoms with Crippen LogP contribution in [-0.4, -0.2) is 25.1 Å². The average Bonchev–Trinajstić information content (AvgIpc) is 2.85. The number of rotatable bonds is 4. The lowest BCUT2D eigenvalue weighted by Crippen LogP contribution is -2.12. The standard InChI is InChI=1S/C12H13BrN4O3/c1-7-4-9(8(2)15(7)3)11(18)6-16-5-10(13)12(14-16)17(19)20/h4-5H,6H2,1-3H3. The van der Waals surface area contributed by atoms with Crippen LogP contribution in [0.5, 0.6) is 0 Å². The number of hydrogen-bond acceptors (Lipinski definition) is 4. The van der Waals surface area contributed by atoms with Crippen LogP contribution in [0, 0.1) is 24.0 Å². The van der Waals surface area contributed by atoms with Gasteiger partial charge in [-0.05, 0) is 40.8 Å². The fraction of sp³-hybridized carbons (Fsp3) is 0.333. The van der Waals surface area contributed by atoms with E-state index in [0.717, 1.165) is 11.4 Å². The van der Waals surface area contributed by atoms with Crippen molar-refractivity contribution in [2.24, 2.45) is 7.05 Å². The lowest BCUT2D eigenvalue weighted by Gasteiger charge is -2.01. The first kappa shape index (κ1) is 14.4. The highest BCUT2D eigenvalue weighted by Gasteiger charge is 2.21. The van der Waals surface area contributed by atoms with Crippen molar-refractivity contribution in [2.45, 2.75) is 20.4 Å². The van der Waals surface area contributed by atoms with E-state index in [0.29, 0.717) is 5.56 Å². The largest absolute Gasteiger partial charge is 0.404 e. The van der Waals surface area contributed by atoms with Crippen molar-refractivity contribution in [1.82, 2.24) is 14.3 Å². The Bertz CT molecular complexity index is 702. The van der Waals surface area contributed by atoms with Gasteiger partial charge >= 0.3 is 5.82 Å². The molecule has 0 saturated heterocycles. The van der Waals surface area contributed by atoms with Gasteiger partial charge in [0.1, 0.15) is 11.0 Å². The van der Waals surface area contributed by atoms with Crippen LogP contribution in [-0.2, 0) is 13.6 Å². The number of nitro groups is 1. The molecule has 0 aliphatic rings. The van der Waals surface area contributed by atoms with Crippen LogP contribution < -0.4 is 0 Å². The number of Topliss-reactive ketones (excluding diaryl/α,β-unsaturated/α-hetero) is 1. The zero-order valence-corrected chi connectivity index (χ0v) is 12.8. The Labute approximate surface area is 123 Å². The van der Waals surface area contributed by atoms with E-state index < -0.39 is 4.92 Å². The Balaban J connectivity index is 2.26. The first-order valence-corrected chi connectivity index (χ1v) is 6.64. The minimum Gasteiger partial charge on any atom is -0.358 e. The van der Waals surface area contributed by atoms with Gasteiger partial charge < -0.3 is 14.7 Å². The third-order valence-corrected chi connectivity index (χ3v) is 3.81. The molecule has 0 aromatic carbocycles. The molecule has 0 unspecified atom stereocenters. The van der Waals surface area contributed by atoms with Gasteiger partial charge in [-0.1, -0.05) is 0 Å². The van der Waals surface area contributed by atoms with Crippen molar-refractivity contribution >= 4 is 27.5 Å². The van der Waals surface area contributed by atoms with Gasteiger partial charge in [0.25, 0.3) is 0 Å². The maximum absolute atomic E-state index is 12.2. The molecule has 20 heavy (non-hydrogen) atoms. The van der Waals surface area contributed by atoms with Crippen molar-refractivity contribution in [2.75, 3.05) is 0 Å². The highest BCUT2D eigenvalue weighted by atomic mass is 79.9. The van der Waals surface area contributed by atoms with E-state index in [1.165, 1.54) is 10.9 Å². The molecular weight excluding hydrogens is 328 g/mol. The van der Waals surface area contributed by atoms with E-state index in [4.69, 9.17) is 0 Å². The van der Waals surface area contributed by atoms with E-state index >= 15 is 0 Å². The predicted molar refractivity (Wildman–Crippen MR) is 75.8 cm³/mol. The summed E-state index contributed by atoms with van der Waals surface area (Å²) < 4.78 is 3.46. The molecule has 0 spiro atoms. The van der Waals surface area contributed by atoms with E-state index in [-0.39, 0.29) is 22.6 Å². The van der Waals surface area contributed by atoms with Gasteiger partial charge in [0.05, 0.1) is 11.3 Å². The third kappa shape index (κ3) is 2.51. The predicted octanol–water partition coefficient (Wildman–Crippen LogP) is 2.39. The number of halogens is 1. The van der Waals surface area contributed by atoms with E-state index in [1.54, 1.807) is 0 Å². The Morgan fingerprint density at radius 1 is 1.50 bits per heavy atom. The van der Waals surface area contributed by atoms with Crippen molar-refractivity contribution in [3.63, 3.8) is 0 Å². The molecule has 0 fully saturated rings. The summed E-state index contributed by atoms with van der Waals surface area (Å²) in [5, 5.41) is 14.5. The highest BCUT2D eigenvalue weighted by Crippen LogP contribution is 2.22. The summed E-state index contributed by atoms with van der Waals surface area (Å²) in [4.78, 5) is 22.3. The summed E-state index contributed by atoms with van der Waals surface area (Å²) >= 11 is 3.05. The van der Waals surface area contributed by atoms with Crippen molar-refractivity contribution in [3.05, 3.63) is 43.8 Å². The number of hydrogen-bond donors (Lipinski definition) is 0. The monoisotopic (exact) mass is 340 g/mol. The number of nitrogens with zero attached hydrogens (tertiary/aromatic N) is 4. The minimum absolute atomic E-state index is 0.0310. The smallest absolute Gasteiger partial charge is 0.358 e. The van der Waals surface area contributed by atoms with Crippen LogP contribution in [0.2, 0.25) is 0 Å². The van der Waals surface area contributed by atoms with Crippen LogP contribution in [0.4, 0.5) is 5.82 Å². The van der Waals surface area contributed by atoms with Gasteiger partial charge in [0, 0.05) is 24.0 Å². The molecule has 2 rings (SSSR count). The fourth-order valence-corrected chi connectivity index (χ4v) is 2.42. The maximum Gasteiger partial charge on any atom is 0.404 e. The van der Waals surface area contributed by atoms with Gasteiger partial charge in [0.15, 0.2) is 5.78 Å². The van der Waals surface area contributed by atoms with Crippen molar-refractivity contribution < 1.29 is 9.72 Å². The third-order valence-electron chi connectivity index (χ3n) is 3.25. The van der Waals surface area contributed by atoms with E-state index in [9.17, 15) is 14.9 Å². The first-order valence-electron chi connectivity index (χ1n) is 5.84. The van der Waals surface area contributed by atoms with Crippen molar-refractivity contribution in [3.8, 4) is 0 Å². The number of carbonyl (C=O) groups is 1. The number of ketones is 1. The molecule has 0 saturated carbocycles. The molecule has 0 aliphatic carbocycles. The second-order valence-electron chi connectivity index (χ2n) is 4.52. The summed E-state index contributed by atoms with van der Waals surface area (Å²) in [6, 6.07) is 1.81. The summed E-state index contributed by atoms with van der Waals surface area (Å²) in [5.41, 5.74) is 2.46. The number of aryl methyl sites for hydroxylation is 1. The van der Waals surface area contributed by atoms with Crippen molar-refractivity contribution in [1.29, 1.82) is 0 Å².